The van der Waals surface area contributed by atoms with Crippen molar-refractivity contribution in [2.24, 2.45) is 23.7 Å². The van der Waals surface area contributed by atoms with Gasteiger partial charge in [0.15, 0.2) is 0 Å². The average Bonchev–Trinajstić information content (AvgIpc) is 2.76. The fourth-order valence-electron chi connectivity index (χ4n) is 6.35. The van der Waals surface area contributed by atoms with E-state index < -0.39 is 0 Å². The molecular formula is C28H31N. The van der Waals surface area contributed by atoms with E-state index in [0.717, 1.165) is 41.0 Å². The van der Waals surface area contributed by atoms with Gasteiger partial charge in [-0.15, -0.1) is 0 Å². The summed E-state index contributed by atoms with van der Waals surface area (Å²) in [7, 11) is 0. The fraction of sp³-hybridized carbons (Fsp3) is 0.357. The van der Waals surface area contributed by atoms with Crippen LogP contribution in [0.2, 0.25) is 0 Å². The van der Waals surface area contributed by atoms with E-state index in [1.807, 2.05) is 60.7 Å². The Morgan fingerprint density at radius 2 is 0.897 bits per heavy atom. The fourth-order valence-corrected chi connectivity index (χ4v) is 6.35. The van der Waals surface area contributed by atoms with E-state index in [0.29, 0.717) is 0 Å². The summed E-state index contributed by atoms with van der Waals surface area (Å²) in [6, 6.07) is 31.6. The maximum Gasteiger partial charge on any atom is 0.0384 e. The summed E-state index contributed by atoms with van der Waals surface area (Å²) < 4.78 is 0. The maximum atomic E-state index is 3.30. The van der Waals surface area contributed by atoms with E-state index in [1.165, 1.54) is 25.7 Å². The molecule has 7 rings (SSSR count). The summed E-state index contributed by atoms with van der Waals surface area (Å²) in [6.07, 6.45) is 7.70. The SMILES string of the molecule is c1ccc(C2C3CC4CC(C3)CC2C4)cc1.c1ccc(Nc2ccccc2)cc1. The van der Waals surface area contributed by atoms with Gasteiger partial charge in [0.05, 0.1) is 0 Å². The van der Waals surface area contributed by atoms with Crippen molar-refractivity contribution in [2.45, 2.75) is 38.0 Å². The van der Waals surface area contributed by atoms with E-state index >= 15 is 0 Å². The van der Waals surface area contributed by atoms with Crippen LogP contribution in [0.4, 0.5) is 11.4 Å². The van der Waals surface area contributed by atoms with Crippen LogP contribution in [0.25, 0.3) is 0 Å². The second-order valence-electron chi connectivity index (χ2n) is 9.22. The summed E-state index contributed by atoms with van der Waals surface area (Å²) in [5.41, 5.74) is 3.87. The molecule has 4 fully saturated rings. The molecule has 4 bridgehead atoms. The molecule has 0 aromatic heterocycles. The minimum absolute atomic E-state index is 0.911. The van der Waals surface area contributed by atoms with Crippen molar-refractivity contribution < 1.29 is 0 Å². The van der Waals surface area contributed by atoms with Gasteiger partial charge in [0.2, 0.25) is 0 Å². The van der Waals surface area contributed by atoms with Crippen molar-refractivity contribution >= 4 is 11.4 Å². The first-order valence-electron chi connectivity index (χ1n) is 11.3. The van der Waals surface area contributed by atoms with Crippen LogP contribution in [0.15, 0.2) is 91.0 Å². The topological polar surface area (TPSA) is 12.0 Å². The summed E-state index contributed by atoms with van der Waals surface area (Å²) in [5.74, 6) is 5.16. The van der Waals surface area contributed by atoms with Crippen LogP contribution in [0.3, 0.4) is 0 Å². The molecule has 1 heteroatoms. The number of hydrogen-bond donors (Lipinski definition) is 1. The normalized spacial score (nSPS) is 29.0. The van der Waals surface area contributed by atoms with Gasteiger partial charge in [-0.2, -0.15) is 0 Å². The maximum absolute atomic E-state index is 3.30. The molecule has 0 radical (unpaired) electrons. The van der Waals surface area contributed by atoms with Crippen molar-refractivity contribution in [1.82, 2.24) is 0 Å². The van der Waals surface area contributed by atoms with Crippen LogP contribution in [0.1, 0.15) is 43.6 Å². The van der Waals surface area contributed by atoms with Crippen LogP contribution in [-0.4, -0.2) is 0 Å². The minimum atomic E-state index is 0.911. The third-order valence-electron chi connectivity index (χ3n) is 7.25. The Balaban J connectivity index is 0.000000129. The summed E-state index contributed by atoms with van der Waals surface area (Å²) in [6.45, 7) is 0. The Kier molecular flexibility index (Phi) is 5.39. The molecule has 0 heterocycles. The first-order valence-corrected chi connectivity index (χ1v) is 11.3. The Morgan fingerprint density at radius 3 is 1.34 bits per heavy atom. The van der Waals surface area contributed by atoms with Gasteiger partial charge >= 0.3 is 0 Å². The first kappa shape index (κ1) is 18.5. The second-order valence-corrected chi connectivity index (χ2v) is 9.22. The standard InChI is InChI=1S/C16H20.C12H11N/c1-2-4-13(5-3-1)16-14-7-11-6-12(9-14)10-15(16)8-11;1-3-7-11(8-4-1)13-12-9-5-2-6-10-12/h1-5,11-12,14-16H,6-10H2;1-10,13H. The molecule has 4 aliphatic rings. The minimum Gasteiger partial charge on any atom is -0.356 e. The molecule has 0 spiro atoms. The smallest absolute Gasteiger partial charge is 0.0384 e. The highest BCUT2D eigenvalue weighted by atomic mass is 14.9. The highest BCUT2D eigenvalue weighted by molar-refractivity contribution is 5.58. The lowest BCUT2D eigenvalue weighted by atomic mass is 9.51. The largest absolute Gasteiger partial charge is 0.356 e. The number of nitrogens with one attached hydrogen (secondary N) is 1. The van der Waals surface area contributed by atoms with Crippen LogP contribution in [0.5, 0.6) is 0 Å². The molecule has 0 aliphatic heterocycles. The Hall–Kier alpha value is -2.54. The van der Waals surface area contributed by atoms with Crippen LogP contribution < -0.4 is 5.32 Å². The zero-order valence-electron chi connectivity index (χ0n) is 17.1. The van der Waals surface area contributed by atoms with Crippen molar-refractivity contribution in [3.8, 4) is 0 Å². The van der Waals surface area contributed by atoms with Crippen molar-refractivity contribution in [3.63, 3.8) is 0 Å². The van der Waals surface area contributed by atoms with Gasteiger partial charge in [-0.1, -0.05) is 66.7 Å². The lowest BCUT2D eigenvalue weighted by Gasteiger charge is -2.54. The highest BCUT2D eigenvalue weighted by Crippen LogP contribution is 2.59. The monoisotopic (exact) mass is 381 g/mol. The van der Waals surface area contributed by atoms with E-state index in [-0.39, 0.29) is 0 Å². The summed E-state index contributed by atoms with van der Waals surface area (Å²) >= 11 is 0. The van der Waals surface area contributed by atoms with Gasteiger partial charge < -0.3 is 5.32 Å². The molecule has 1 nitrogen and oxygen atoms in total. The molecule has 3 aromatic carbocycles. The van der Waals surface area contributed by atoms with E-state index in [9.17, 15) is 0 Å². The van der Waals surface area contributed by atoms with Gasteiger partial charge in [0.1, 0.15) is 0 Å². The van der Waals surface area contributed by atoms with Crippen molar-refractivity contribution in [1.29, 1.82) is 0 Å². The quantitative estimate of drug-likeness (QED) is 0.491. The van der Waals surface area contributed by atoms with Crippen molar-refractivity contribution in [3.05, 3.63) is 96.6 Å². The van der Waals surface area contributed by atoms with E-state index in [2.05, 4.69) is 35.6 Å². The number of rotatable bonds is 3. The molecule has 4 saturated carbocycles. The van der Waals surface area contributed by atoms with Gasteiger partial charge in [0.25, 0.3) is 0 Å². The number of hydrogen-bond acceptors (Lipinski definition) is 1. The van der Waals surface area contributed by atoms with Crippen LogP contribution in [0, 0.1) is 23.7 Å². The van der Waals surface area contributed by atoms with Crippen molar-refractivity contribution in [2.75, 3.05) is 5.32 Å². The molecule has 0 unspecified atom stereocenters. The molecule has 0 amide bonds. The van der Waals surface area contributed by atoms with E-state index in [4.69, 9.17) is 0 Å². The number of benzene rings is 3. The zero-order valence-corrected chi connectivity index (χ0v) is 17.1. The Bertz CT molecular complexity index is 822. The summed E-state index contributed by atoms with van der Waals surface area (Å²) in [4.78, 5) is 0. The highest BCUT2D eigenvalue weighted by Gasteiger charge is 2.48. The second kappa shape index (κ2) is 8.45. The molecule has 1 N–H and O–H groups in total. The van der Waals surface area contributed by atoms with Crippen LogP contribution in [-0.2, 0) is 0 Å². The Labute approximate surface area is 175 Å². The van der Waals surface area contributed by atoms with Crippen LogP contribution >= 0.6 is 0 Å². The third kappa shape index (κ3) is 4.24. The lowest BCUT2D eigenvalue weighted by Crippen LogP contribution is -2.43. The van der Waals surface area contributed by atoms with Gasteiger partial charge in [-0.3, -0.25) is 0 Å². The number of para-hydroxylation sites is 2. The molecule has 0 atom stereocenters. The zero-order chi connectivity index (χ0) is 19.5. The first-order chi connectivity index (χ1) is 14.3. The Morgan fingerprint density at radius 1 is 0.483 bits per heavy atom. The molecule has 4 aliphatic carbocycles. The van der Waals surface area contributed by atoms with Gasteiger partial charge in [-0.05, 0) is 91.5 Å². The molecule has 0 saturated heterocycles. The molecule has 148 valence electrons. The molecular weight excluding hydrogens is 350 g/mol. The third-order valence-corrected chi connectivity index (χ3v) is 7.25. The molecule has 29 heavy (non-hydrogen) atoms. The predicted molar refractivity (Wildman–Crippen MR) is 122 cm³/mol. The lowest BCUT2D eigenvalue weighted by molar-refractivity contribution is -0.00277. The van der Waals surface area contributed by atoms with E-state index in [1.54, 1.807) is 12.0 Å². The van der Waals surface area contributed by atoms with Gasteiger partial charge in [-0.25, -0.2) is 0 Å². The summed E-state index contributed by atoms with van der Waals surface area (Å²) in [5, 5.41) is 3.30. The average molecular weight is 382 g/mol. The number of anilines is 2. The molecule has 3 aromatic rings. The van der Waals surface area contributed by atoms with Gasteiger partial charge in [0, 0.05) is 11.4 Å². The predicted octanol–water partition coefficient (Wildman–Crippen LogP) is 7.66.